The maximum Gasteiger partial charge on any atom is 0.258 e. The van der Waals surface area contributed by atoms with E-state index in [4.69, 9.17) is 0 Å². The fourth-order valence-electron chi connectivity index (χ4n) is 5.68. The molecule has 0 saturated heterocycles. The third-order valence-corrected chi connectivity index (χ3v) is 10.2. The zero-order valence-electron chi connectivity index (χ0n) is 19.4. The van der Waals surface area contributed by atoms with Crippen LogP contribution in [0.4, 0.5) is 5.69 Å². The van der Waals surface area contributed by atoms with Gasteiger partial charge in [-0.2, -0.15) is 0 Å². The van der Waals surface area contributed by atoms with E-state index in [1.54, 1.807) is 19.1 Å². The van der Waals surface area contributed by atoms with Crippen LogP contribution in [-0.2, 0) is 15.4 Å². The largest absolute Gasteiger partial charge is 0.395 e. The van der Waals surface area contributed by atoms with Gasteiger partial charge in [0.25, 0.3) is 5.91 Å². The van der Waals surface area contributed by atoms with E-state index in [1.807, 2.05) is 17.0 Å². The molecule has 0 aromatic heterocycles. The van der Waals surface area contributed by atoms with Gasteiger partial charge in [0.15, 0.2) is 0 Å². The van der Waals surface area contributed by atoms with Crippen LogP contribution in [0, 0.1) is 5.41 Å². The van der Waals surface area contributed by atoms with Crippen molar-refractivity contribution < 1.29 is 18.3 Å². The van der Waals surface area contributed by atoms with Gasteiger partial charge in [-0.3, -0.25) is 4.79 Å². The second-order valence-corrected chi connectivity index (χ2v) is 12.9. The van der Waals surface area contributed by atoms with Gasteiger partial charge in [-0.05, 0) is 92.3 Å². The highest BCUT2D eigenvalue weighted by Crippen LogP contribution is 2.62. The number of hydrogen-bond donors (Lipinski definition) is 2. The number of nitrogens with zero attached hydrogens (tertiary/aromatic N) is 1. The highest BCUT2D eigenvalue weighted by molar-refractivity contribution is 9.10. The number of halogens is 1. The fourth-order valence-corrected chi connectivity index (χ4v) is 7.39. The highest BCUT2D eigenvalue weighted by atomic mass is 79.9. The summed E-state index contributed by atoms with van der Waals surface area (Å²) in [4.78, 5) is 15.6. The van der Waals surface area contributed by atoms with Gasteiger partial charge in [0.1, 0.15) is 0 Å². The van der Waals surface area contributed by atoms with Crippen molar-refractivity contribution >= 4 is 37.5 Å². The summed E-state index contributed by atoms with van der Waals surface area (Å²) in [5.41, 5.74) is 3.02. The minimum Gasteiger partial charge on any atom is -0.395 e. The molecular formula is C26H31BrN2O4S. The van der Waals surface area contributed by atoms with Crippen molar-refractivity contribution in [2.75, 3.05) is 18.1 Å². The molecule has 2 aliphatic carbocycles. The Morgan fingerprint density at radius 1 is 1.12 bits per heavy atom. The summed E-state index contributed by atoms with van der Waals surface area (Å²) >= 11 is 3.62. The van der Waals surface area contributed by atoms with E-state index in [-0.39, 0.29) is 22.8 Å². The van der Waals surface area contributed by atoms with Crippen molar-refractivity contribution in [3.8, 4) is 0 Å². The number of amides is 1. The molecule has 3 aliphatic rings. The maximum absolute atomic E-state index is 13.7. The Morgan fingerprint density at radius 3 is 2.47 bits per heavy atom. The monoisotopic (exact) mass is 546 g/mol. The fraction of sp³-hybridized carbons (Fsp3) is 0.500. The van der Waals surface area contributed by atoms with Gasteiger partial charge in [0.2, 0.25) is 10.0 Å². The van der Waals surface area contributed by atoms with E-state index >= 15 is 0 Å². The predicted molar refractivity (Wildman–Crippen MR) is 136 cm³/mol. The lowest BCUT2D eigenvalue weighted by atomic mass is 9.66. The van der Waals surface area contributed by atoms with Crippen molar-refractivity contribution in [1.29, 1.82) is 0 Å². The number of carbonyl (C=O) groups excluding carboxylic acids is 1. The molecule has 1 amide bonds. The smallest absolute Gasteiger partial charge is 0.258 e. The molecule has 0 radical (unpaired) electrons. The lowest BCUT2D eigenvalue weighted by molar-refractivity contribution is 0.0980. The second-order valence-electron chi connectivity index (χ2n) is 10.3. The average Bonchev–Trinajstić information content (AvgIpc) is 3.54. The molecule has 0 bridgehead atoms. The van der Waals surface area contributed by atoms with Crippen LogP contribution in [0.5, 0.6) is 0 Å². The lowest BCUT2D eigenvalue weighted by Crippen LogP contribution is -2.40. The second kappa shape index (κ2) is 8.73. The average molecular weight is 548 g/mol. The molecule has 1 unspecified atom stereocenters. The third kappa shape index (κ3) is 4.23. The van der Waals surface area contributed by atoms with Gasteiger partial charge in [0, 0.05) is 33.7 Å². The Balaban J connectivity index is 1.45. The molecular weight excluding hydrogens is 516 g/mol. The van der Waals surface area contributed by atoms with E-state index in [0.717, 1.165) is 23.0 Å². The Bertz CT molecular complexity index is 1210. The first-order valence-electron chi connectivity index (χ1n) is 12.1. The Morgan fingerprint density at radius 2 is 1.82 bits per heavy atom. The van der Waals surface area contributed by atoms with Crippen LogP contribution in [0.25, 0.3) is 0 Å². The van der Waals surface area contributed by atoms with Crippen LogP contribution in [0.15, 0.2) is 51.8 Å². The van der Waals surface area contributed by atoms with Crippen LogP contribution >= 0.6 is 15.9 Å². The zero-order valence-corrected chi connectivity index (χ0v) is 21.8. The van der Waals surface area contributed by atoms with E-state index in [0.29, 0.717) is 23.9 Å². The molecule has 1 heterocycles. The Labute approximate surface area is 209 Å². The van der Waals surface area contributed by atoms with Gasteiger partial charge in [-0.15, -0.1) is 0 Å². The number of nitrogens with one attached hydrogen (secondary N) is 1. The molecule has 182 valence electrons. The van der Waals surface area contributed by atoms with Crippen molar-refractivity contribution in [2.45, 2.75) is 68.2 Å². The van der Waals surface area contributed by atoms with Crippen LogP contribution in [0.2, 0.25) is 0 Å². The molecule has 5 rings (SSSR count). The van der Waals surface area contributed by atoms with Gasteiger partial charge < -0.3 is 10.0 Å². The quantitative estimate of drug-likeness (QED) is 0.547. The summed E-state index contributed by atoms with van der Waals surface area (Å²) in [6, 6.07) is 11.8. The van der Waals surface area contributed by atoms with Gasteiger partial charge in [-0.1, -0.05) is 28.9 Å². The van der Waals surface area contributed by atoms with Crippen molar-refractivity contribution in [3.63, 3.8) is 0 Å². The van der Waals surface area contributed by atoms with Gasteiger partial charge >= 0.3 is 0 Å². The minimum atomic E-state index is -3.85. The molecule has 2 aromatic carbocycles. The van der Waals surface area contributed by atoms with E-state index in [9.17, 15) is 18.3 Å². The number of carbonyl (C=O) groups is 1. The number of fused-ring (bicyclic) bond motifs is 2. The number of benzene rings is 2. The van der Waals surface area contributed by atoms with Crippen LogP contribution in [0.1, 0.15) is 67.8 Å². The van der Waals surface area contributed by atoms with Crippen molar-refractivity contribution in [2.24, 2.45) is 5.41 Å². The summed E-state index contributed by atoms with van der Waals surface area (Å²) in [6.45, 7) is 2.15. The molecule has 2 N–H and O–H groups in total. The SMILES string of the molecule is CCC(CO)NS(=O)(=O)c1cccc(C(=O)N2CC3(CCC4(CC4)CC3)c3cc(Br)ccc32)c1. The highest BCUT2D eigenvalue weighted by Gasteiger charge is 2.53. The first-order valence-corrected chi connectivity index (χ1v) is 14.3. The molecule has 8 heteroatoms. The minimum absolute atomic E-state index is 0.0310. The summed E-state index contributed by atoms with van der Waals surface area (Å²) in [7, 11) is -3.85. The van der Waals surface area contributed by atoms with Crippen LogP contribution < -0.4 is 9.62 Å². The summed E-state index contributed by atoms with van der Waals surface area (Å²) in [6.07, 6.45) is 7.73. The van der Waals surface area contributed by atoms with Crippen molar-refractivity contribution in [3.05, 3.63) is 58.1 Å². The number of sulfonamides is 1. The molecule has 2 aromatic rings. The zero-order chi connectivity index (χ0) is 24.1. The molecule has 2 spiro atoms. The summed E-state index contributed by atoms with van der Waals surface area (Å²) in [5.74, 6) is -0.182. The number of anilines is 1. The number of aliphatic hydroxyl groups excluding tert-OH is 1. The van der Waals surface area contributed by atoms with Gasteiger partial charge in [0.05, 0.1) is 11.5 Å². The van der Waals surface area contributed by atoms with E-state index in [2.05, 4.69) is 26.7 Å². The van der Waals surface area contributed by atoms with Crippen molar-refractivity contribution in [1.82, 2.24) is 4.72 Å². The summed E-state index contributed by atoms with van der Waals surface area (Å²) in [5, 5.41) is 9.40. The molecule has 1 atom stereocenters. The molecule has 34 heavy (non-hydrogen) atoms. The third-order valence-electron chi connectivity index (χ3n) is 8.18. The first kappa shape index (κ1) is 24.0. The topological polar surface area (TPSA) is 86.7 Å². The van der Waals surface area contributed by atoms with E-state index < -0.39 is 16.1 Å². The molecule has 2 saturated carbocycles. The number of aliphatic hydroxyl groups is 1. The normalized spacial score (nSPS) is 21.0. The summed E-state index contributed by atoms with van der Waals surface area (Å²) < 4.78 is 29.2. The molecule has 6 nitrogen and oxygen atoms in total. The van der Waals surface area contributed by atoms with E-state index in [1.165, 1.54) is 43.4 Å². The molecule has 1 aliphatic heterocycles. The standard InChI is InChI=1S/C26H31BrN2O4S/c1-2-20(16-30)28-34(32,33)21-5-3-4-18(14-21)24(31)29-17-26(12-10-25(8-9-25)11-13-26)22-15-19(27)6-7-23(22)29/h3-7,14-15,20,28,30H,2,8-13,16-17H2,1H3. The molecule has 2 fully saturated rings. The Hall–Kier alpha value is -1.74. The first-order chi connectivity index (χ1) is 16.2. The van der Waals surface area contributed by atoms with Gasteiger partial charge in [-0.25, -0.2) is 13.1 Å². The predicted octanol–water partition coefficient (Wildman–Crippen LogP) is 4.75. The maximum atomic E-state index is 13.7. The lowest BCUT2D eigenvalue weighted by Gasteiger charge is -2.38. The van der Waals surface area contributed by atoms with Crippen LogP contribution in [-0.4, -0.2) is 38.6 Å². The Kier molecular flexibility index (Phi) is 6.16. The number of rotatable bonds is 6. The number of hydrogen-bond acceptors (Lipinski definition) is 4. The van der Waals surface area contributed by atoms with Crippen LogP contribution in [0.3, 0.4) is 0 Å².